The maximum atomic E-state index is 8.76. The Morgan fingerprint density at radius 2 is 2.31 bits per heavy atom. The van der Waals surface area contributed by atoms with E-state index in [1.54, 1.807) is 6.07 Å². The molecule has 2 aromatic rings. The molecule has 0 amide bonds. The van der Waals surface area contributed by atoms with Crippen molar-refractivity contribution in [2.75, 3.05) is 5.32 Å². The molecule has 0 aliphatic rings. The van der Waals surface area contributed by atoms with Crippen molar-refractivity contribution < 1.29 is 0 Å². The quantitative estimate of drug-likeness (QED) is 0.879. The fourth-order valence-electron chi connectivity index (χ4n) is 1.30. The highest BCUT2D eigenvalue weighted by Crippen LogP contribution is 2.15. The van der Waals surface area contributed by atoms with E-state index < -0.39 is 0 Å². The predicted molar refractivity (Wildman–Crippen MR) is 63.1 cm³/mol. The molecule has 1 aromatic heterocycles. The number of benzene rings is 1. The Morgan fingerprint density at radius 1 is 1.44 bits per heavy atom. The van der Waals surface area contributed by atoms with E-state index in [0.29, 0.717) is 12.1 Å². The monoisotopic (exact) mass is 230 g/mol. The highest BCUT2D eigenvalue weighted by atomic mass is 32.1. The van der Waals surface area contributed by atoms with E-state index in [1.807, 2.05) is 25.1 Å². The van der Waals surface area contributed by atoms with Gasteiger partial charge >= 0.3 is 0 Å². The van der Waals surface area contributed by atoms with E-state index >= 15 is 0 Å². The summed E-state index contributed by atoms with van der Waals surface area (Å²) in [5, 5.41) is 21.6. The highest BCUT2D eigenvalue weighted by Gasteiger charge is 2.00. The molecular weight excluding hydrogens is 220 g/mol. The molecule has 0 atom stereocenters. The molecular formula is C11H10N4S. The lowest BCUT2D eigenvalue weighted by Crippen LogP contribution is -1.99. The summed E-state index contributed by atoms with van der Waals surface area (Å²) in [4.78, 5) is 0. The molecule has 1 aromatic carbocycles. The second-order valence-corrected chi connectivity index (χ2v) is 4.47. The lowest BCUT2D eigenvalue weighted by molar-refractivity contribution is 1.02. The zero-order chi connectivity index (χ0) is 11.4. The van der Waals surface area contributed by atoms with E-state index in [1.165, 1.54) is 11.3 Å². The van der Waals surface area contributed by atoms with Crippen LogP contribution >= 0.6 is 11.3 Å². The van der Waals surface area contributed by atoms with Gasteiger partial charge in [-0.3, -0.25) is 0 Å². The minimum Gasteiger partial charge on any atom is -0.356 e. The van der Waals surface area contributed by atoms with Crippen molar-refractivity contribution in [1.29, 1.82) is 5.26 Å². The Balaban J connectivity index is 2.02. The molecule has 16 heavy (non-hydrogen) atoms. The molecule has 80 valence electrons. The minimum absolute atomic E-state index is 0.657. The van der Waals surface area contributed by atoms with Crippen LogP contribution in [0.15, 0.2) is 24.3 Å². The Kier molecular flexibility index (Phi) is 3.13. The number of rotatable bonds is 3. The average Bonchev–Trinajstić information content (AvgIpc) is 2.73. The molecule has 5 heteroatoms. The van der Waals surface area contributed by atoms with Crippen molar-refractivity contribution in [3.05, 3.63) is 40.4 Å². The van der Waals surface area contributed by atoms with Gasteiger partial charge in [-0.1, -0.05) is 23.5 Å². The van der Waals surface area contributed by atoms with Crippen LogP contribution in [0.25, 0.3) is 0 Å². The Labute approximate surface area is 97.6 Å². The molecule has 0 radical (unpaired) electrons. The van der Waals surface area contributed by atoms with Crippen LogP contribution in [0.1, 0.15) is 16.1 Å². The second-order valence-electron chi connectivity index (χ2n) is 3.29. The molecule has 2 rings (SSSR count). The third-order valence-electron chi connectivity index (χ3n) is 2.03. The summed E-state index contributed by atoms with van der Waals surface area (Å²) in [5.41, 5.74) is 1.74. The van der Waals surface area contributed by atoms with Crippen LogP contribution < -0.4 is 5.32 Å². The van der Waals surface area contributed by atoms with Gasteiger partial charge in [-0.2, -0.15) is 5.26 Å². The fraction of sp³-hybridized carbons (Fsp3) is 0.182. The molecule has 0 unspecified atom stereocenters. The van der Waals surface area contributed by atoms with Crippen molar-refractivity contribution in [3.8, 4) is 6.07 Å². The number of hydrogen-bond acceptors (Lipinski definition) is 5. The summed E-state index contributed by atoms with van der Waals surface area (Å²) in [6, 6.07) is 9.62. The van der Waals surface area contributed by atoms with Gasteiger partial charge in [-0.15, -0.1) is 10.2 Å². The van der Waals surface area contributed by atoms with Gasteiger partial charge in [0.25, 0.3) is 0 Å². The Bertz CT molecular complexity index is 527. The average molecular weight is 230 g/mol. The van der Waals surface area contributed by atoms with Crippen LogP contribution in [0, 0.1) is 18.3 Å². The third kappa shape index (κ3) is 2.55. The van der Waals surface area contributed by atoms with E-state index in [4.69, 9.17) is 5.26 Å². The van der Waals surface area contributed by atoms with Gasteiger partial charge in [0, 0.05) is 6.54 Å². The summed E-state index contributed by atoms with van der Waals surface area (Å²) >= 11 is 1.52. The SMILES string of the molecule is Cc1nnc(NCc2cccc(C#N)c2)s1. The Morgan fingerprint density at radius 3 is 3.00 bits per heavy atom. The third-order valence-corrected chi connectivity index (χ3v) is 2.82. The van der Waals surface area contributed by atoms with Gasteiger partial charge in [0.2, 0.25) is 5.13 Å². The van der Waals surface area contributed by atoms with Crippen LogP contribution in [0.4, 0.5) is 5.13 Å². The zero-order valence-electron chi connectivity index (χ0n) is 8.77. The van der Waals surface area contributed by atoms with Crippen LogP contribution in [0.2, 0.25) is 0 Å². The number of anilines is 1. The Hall–Kier alpha value is -1.93. The molecule has 1 heterocycles. The first-order valence-corrected chi connectivity index (χ1v) is 5.62. The smallest absolute Gasteiger partial charge is 0.205 e. The number of nitrogens with zero attached hydrogens (tertiary/aromatic N) is 3. The van der Waals surface area contributed by atoms with Gasteiger partial charge in [0.05, 0.1) is 11.6 Å². The van der Waals surface area contributed by atoms with Gasteiger partial charge in [-0.25, -0.2) is 0 Å². The molecule has 0 bridgehead atoms. The van der Waals surface area contributed by atoms with Gasteiger partial charge < -0.3 is 5.32 Å². The number of hydrogen-bond donors (Lipinski definition) is 1. The summed E-state index contributed by atoms with van der Waals surface area (Å²) in [7, 11) is 0. The van der Waals surface area contributed by atoms with Crippen molar-refractivity contribution in [3.63, 3.8) is 0 Å². The van der Waals surface area contributed by atoms with Crippen molar-refractivity contribution in [1.82, 2.24) is 10.2 Å². The molecule has 1 N–H and O–H groups in total. The molecule has 0 saturated heterocycles. The zero-order valence-corrected chi connectivity index (χ0v) is 9.58. The summed E-state index contributed by atoms with van der Waals surface area (Å²) < 4.78 is 0. The summed E-state index contributed by atoms with van der Waals surface area (Å²) in [6.07, 6.45) is 0. The number of nitriles is 1. The first kappa shape index (κ1) is 10.6. The lowest BCUT2D eigenvalue weighted by Gasteiger charge is -2.02. The fourth-order valence-corrected chi connectivity index (χ4v) is 1.88. The maximum absolute atomic E-state index is 8.76. The summed E-state index contributed by atoms with van der Waals surface area (Å²) in [5.74, 6) is 0. The van der Waals surface area contributed by atoms with E-state index in [-0.39, 0.29) is 0 Å². The summed E-state index contributed by atoms with van der Waals surface area (Å²) in [6.45, 7) is 2.57. The van der Waals surface area contributed by atoms with Gasteiger partial charge in [0.1, 0.15) is 5.01 Å². The molecule has 4 nitrogen and oxygen atoms in total. The number of aryl methyl sites for hydroxylation is 1. The second kappa shape index (κ2) is 4.73. The predicted octanol–water partition coefficient (Wildman–Crippen LogP) is 2.33. The van der Waals surface area contributed by atoms with Gasteiger partial charge in [0.15, 0.2) is 0 Å². The maximum Gasteiger partial charge on any atom is 0.205 e. The van der Waals surface area contributed by atoms with Crippen LogP contribution in [0.5, 0.6) is 0 Å². The number of aromatic nitrogens is 2. The largest absolute Gasteiger partial charge is 0.356 e. The minimum atomic E-state index is 0.657. The highest BCUT2D eigenvalue weighted by molar-refractivity contribution is 7.15. The molecule has 0 saturated carbocycles. The normalized spacial score (nSPS) is 9.75. The van der Waals surface area contributed by atoms with Crippen molar-refractivity contribution >= 4 is 16.5 Å². The first-order valence-electron chi connectivity index (χ1n) is 4.81. The van der Waals surface area contributed by atoms with Gasteiger partial charge in [-0.05, 0) is 24.6 Å². The van der Waals surface area contributed by atoms with Crippen LogP contribution in [0.3, 0.4) is 0 Å². The lowest BCUT2D eigenvalue weighted by atomic mass is 10.1. The van der Waals surface area contributed by atoms with Crippen molar-refractivity contribution in [2.24, 2.45) is 0 Å². The number of nitrogens with one attached hydrogen (secondary N) is 1. The first-order chi connectivity index (χ1) is 7.78. The van der Waals surface area contributed by atoms with E-state index in [9.17, 15) is 0 Å². The van der Waals surface area contributed by atoms with E-state index in [0.717, 1.165) is 15.7 Å². The molecule has 0 fully saturated rings. The molecule has 0 aliphatic heterocycles. The van der Waals surface area contributed by atoms with Crippen LogP contribution in [-0.2, 0) is 6.54 Å². The standard InChI is InChI=1S/C11H10N4S/c1-8-14-15-11(16-8)13-7-10-4-2-3-9(5-10)6-12/h2-5H,7H2,1H3,(H,13,15). The van der Waals surface area contributed by atoms with Crippen LogP contribution in [-0.4, -0.2) is 10.2 Å². The topological polar surface area (TPSA) is 61.6 Å². The molecule has 0 aliphatic carbocycles. The molecule has 0 spiro atoms. The van der Waals surface area contributed by atoms with E-state index in [2.05, 4.69) is 21.6 Å². The van der Waals surface area contributed by atoms with Crippen molar-refractivity contribution in [2.45, 2.75) is 13.5 Å².